The number of nitrogens with zero attached hydrogens (tertiary/aromatic N) is 3. The SMILES string of the molecule is Cc1cccnc1C(=O)N1CCN(C2CCNC2)CC1. The Bertz CT molecular complexity index is 477. The molecule has 0 aromatic carbocycles. The number of carbonyl (C=O) groups excluding carboxylic acids is 1. The van der Waals surface area contributed by atoms with E-state index >= 15 is 0 Å². The second-order valence-electron chi connectivity index (χ2n) is 5.64. The summed E-state index contributed by atoms with van der Waals surface area (Å²) in [6.07, 6.45) is 2.92. The molecule has 2 aliphatic rings. The molecule has 1 aromatic rings. The minimum Gasteiger partial charge on any atom is -0.335 e. The number of nitrogens with one attached hydrogen (secondary N) is 1. The van der Waals surface area contributed by atoms with Crippen molar-refractivity contribution >= 4 is 5.91 Å². The van der Waals surface area contributed by atoms with Crippen molar-refractivity contribution in [3.8, 4) is 0 Å². The molecule has 2 saturated heterocycles. The molecule has 1 unspecified atom stereocenters. The zero-order valence-electron chi connectivity index (χ0n) is 12.0. The maximum Gasteiger partial charge on any atom is 0.272 e. The third-order valence-electron chi connectivity index (χ3n) is 4.36. The van der Waals surface area contributed by atoms with Crippen molar-refractivity contribution in [2.45, 2.75) is 19.4 Å². The lowest BCUT2D eigenvalue weighted by atomic mass is 10.1. The van der Waals surface area contributed by atoms with Gasteiger partial charge in [0.25, 0.3) is 5.91 Å². The monoisotopic (exact) mass is 274 g/mol. The molecule has 1 amide bonds. The van der Waals surface area contributed by atoms with E-state index in [1.54, 1.807) is 6.20 Å². The van der Waals surface area contributed by atoms with Crippen molar-refractivity contribution in [1.82, 2.24) is 20.1 Å². The summed E-state index contributed by atoms with van der Waals surface area (Å²) in [6, 6.07) is 4.47. The van der Waals surface area contributed by atoms with Crippen molar-refractivity contribution in [1.29, 1.82) is 0 Å². The fourth-order valence-electron chi connectivity index (χ4n) is 3.10. The molecule has 5 nitrogen and oxygen atoms in total. The van der Waals surface area contributed by atoms with E-state index in [2.05, 4.69) is 15.2 Å². The van der Waals surface area contributed by atoms with Gasteiger partial charge in [0, 0.05) is 45.0 Å². The number of aromatic nitrogens is 1. The van der Waals surface area contributed by atoms with Crippen molar-refractivity contribution < 1.29 is 4.79 Å². The summed E-state index contributed by atoms with van der Waals surface area (Å²) in [4.78, 5) is 21.2. The normalized spacial score (nSPS) is 24.1. The minimum absolute atomic E-state index is 0.0762. The minimum atomic E-state index is 0.0762. The number of pyridine rings is 1. The van der Waals surface area contributed by atoms with Crippen LogP contribution in [0, 0.1) is 6.92 Å². The van der Waals surface area contributed by atoms with E-state index in [-0.39, 0.29) is 5.91 Å². The summed E-state index contributed by atoms with van der Waals surface area (Å²) in [5.41, 5.74) is 1.56. The van der Waals surface area contributed by atoms with Gasteiger partial charge in [-0.3, -0.25) is 14.7 Å². The zero-order chi connectivity index (χ0) is 13.9. The Labute approximate surface area is 120 Å². The molecule has 20 heavy (non-hydrogen) atoms. The average molecular weight is 274 g/mol. The third-order valence-corrected chi connectivity index (χ3v) is 4.36. The van der Waals surface area contributed by atoms with Crippen LogP contribution in [0.25, 0.3) is 0 Å². The molecule has 0 saturated carbocycles. The summed E-state index contributed by atoms with van der Waals surface area (Å²) >= 11 is 0. The van der Waals surface area contributed by atoms with Gasteiger partial charge in [-0.15, -0.1) is 0 Å². The highest BCUT2D eigenvalue weighted by Gasteiger charge is 2.28. The van der Waals surface area contributed by atoms with Crippen LogP contribution in [0.5, 0.6) is 0 Å². The summed E-state index contributed by atoms with van der Waals surface area (Å²) < 4.78 is 0. The van der Waals surface area contributed by atoms with Crippen molar-refractivity contribution in [2.24, 2.45) is 0 Å². The molecular weight excluding hydrogens is 252 g/mol. The summed E-state index contributed by atoms with van der Waals surface area (Å²) in [6.45, 7) is 7.73. The molecule has 0 radical (unpaired) electrons. The Hall–Kier alpha value is -1.46. The molecule has 2 fully saturated rings. The number of hydrogen-bond acceptors (Lipinski definition) is 4. The maximum atomic E-state index is 12.5. The Morgan fingerprint density at radius 3 is 2.80 bits per heavy atom. The van der Waals surface area contributed by atoms with E-state index in [9.17, 15) is 4.79 Å². The van der Waals surface area contributed by atoms with Gasteiger partial charge in [0.1, 0.15) is 5.69 Å². The topological polar surface area (TPSA) is 48.5 Å². The van der Waals surface area contributed by atoms with E-state index < -0.39 is 0 Å². The largest absolute Gasteiger partial charge is 0.335 e. The number of amides is 1. The van der Waals surface area contributed by atoms with Gasteiger partial charge in [-0.1, -0.05) is 6.07 Å². The Morgan fingerprint density at radius 1 is 1.35 bits per heavy atom. The lowest BCUT2D eigenvalue weighted by molar-refractivity contribution is 0.0577. The van der Waals surface area contributed by atoms with Gasteiger partial charge >= 0.3 is 0 Å². The molecular formula is C15H22N4O. The molecule has 2 aliphatic heterocycles. The standard InChI is InChI=1S/C15H22N4O/c1-12-3-2-5-17-14(12)15(20)19-9-7-18(8-10-19)13-4-6-16-11-13/h2-3,5,13,16H,4,6-11H2,1H3. The summed E-state index contributed by atoms with van der Waals surface area (Å²) in [7, 11) is 0. The van der Waals surface area contributed by atoms with Crippen LogP contribution in [0.3, 0.4) is 0 Å². The highest BCUT2D eigenvalue weighted by Crippen LogP contribution is 2.14. The fraction of sp³-hybridized carbons (Fsp3) is 0.600. The smallest absolute Gasteiger partial charge is 0.272 e. The van der Waals surface area contributed by atoms with Crippen molar-refractivity contribution in [3.63, 3.8) is 0 Å². The Morgan fingerprint density at radius 2 is 2.15 bits per heavy atom. The van der Waals surface area contributed by atoms with Crippen molar-refractivity contribution in [2.75, 3.05) is 39.3 Å². The number of hydrogen-bond donors (Lipinski definition) is 1. The molecule has 3 heterocycles. The van der Waals surface area contributed by atoms with E-state index in [1.165, 1.54) is 6.42 Å². The van der Waals surface area contributed by atoms with Gasteiger partial charge in [0.05, 0.1) is 0 Å². The first kappa shape index (κ1) is 13.5. The van der Waals surface area contributed by atoms with Gasteiger partial charge in [-0.2, -0.15) is 0 Å². The quantitative estimate of drug-likeness (QED) is 0.854. The highest BCUT2D eigenvalue weighted by atomic mass is 16.2. The second-order valence-corrected chi connectivity index (χ2v) is 5.64. The number of aryl methyl sites for hydroxylation is 1. The zero-order valence-corrected chi connectivity index (χ0v) is 12.0. The van der Waals surface area contributed by atoms with Crippen LogP contribution in [0.1, 0.15) is 22.5 Å². The van der Waals surface area contributed by atoms with Crippen LogP contribution in [0.15, 0.2) is 18.3 Å². The number of piperazine rings is 1. The Kier molecular flexibility index (Phi) is 3.98. The maximum absolute atomic E-state index is 12.5. The predicted molar refractivity (Wildman–Crippen MR) is 77.7 cm³/mol. The van der Waals surface area contributed by atoms with E-state index in [0.29, 0.717) is 11.7 Å². The first-order chi connectivity index (χ1) is 9.75. The van der Waals surface area contributed by atoms with Gasteiger partial charge in [-0.25, -0.2) is 0 Å². The van der Waals surface area contributed by atoms with Crippen LogP contribution in [0.4, 0.5) is 0 Å². The molecule has 0 bridgehead atoms. The summed E-state index contributed by atoms with van der Waals surface area (Å²) in [5, 5.41) is 3.40. The van der Waals surface area contributed by atoms with E-state index in [0.717, 1.165) is 44.8 Å². The molecule has 1 N–H and O–H groups in total. The van der Waals surface area contributed by atoms with Crippen molar-refractivity contribution in [3.05, 3.63) is 29.6 Å². The molecule has 3 rings (SSSR count). The molecule has 1 aromatic heterocycles. The summed E-state index contributed by atoms with van der Waals surface area (Å²) in [5.74, 6) is 0.0762. The Balaban J connectivity index is 1.60. The first-order valence-electron chi connectivity index (χ1n) is 7.41. The van der Waals surface area contributed by atoms with Crippen LogP contribution in [0.2, 0.25) is 0 Å². The number of rotatable bonds is 2. The second kappa shape index (κ2) is 5.89. The van der Waals surface area contributed by atoms with Gasteiger partial charge in [-0.05, 0) is 31.5 Å². The van der Waals surface area contributed by atoms with Crippen LogP contribution in [-0.4, -0.2) is 66.0 Å². The lowest BCUT2D eigenvalue weighted by Gasteiger charge is -2.37. The highest BCUT2D eigenvalue weighted by molar-refractivity contribution is 5.93. The molecule has 0 spiro atoms. The first-order valence-corrected chi connectivity index (χ1v) is 7.41. The average Bonchev–Trinajstić information content (AvgIpc) is 3.01. The fourth-order valence-corrected chi connectivity index (χ4v) is 3.10. The van der Waals surface area contributed by atoms with Crippen LogP contribution in [-0.2, 0) is 0 Å². The van der Waals surface area contributed by atoms with Crippen LogP contribution < -0.4 is 5.32 Å². The molecule has 108 valence electrons. The van der Waals surface area contributed by atoms with Crippen LogP contribution >= 0.6 is 0 Å². The van der Waals surface area contributed by atoms with E-state index in [4.69, 9.17) is 0 Å². The molecule has 5 heteroatoms. The predicted octanol–water partition coefficient (Wildman–Crippen LogP) is 0.510. The van der Waals surface area contributed by atoms with E-state index in [1.807, 2.05) is 24.0 Å². The molecule has 0 aliphatic carbocycles. The molecule has 1 atom stereocenters. The van der Waals surface area contributed by atoms with Gasteiger partial charge in [0.2, 0.25) is 0 Å². The number of carbonyl (C=O) groups is 1. The van der Waals surface area contributed by atoms with Gasteiger partial charge < -0.3 is 10.2 Å². The third kappa shape index (κ3) is 2.69. The van der Waals surface area contributed by atoms with Gasteiger partial charge in [0.15, 0.2) is 0 Å². The lowest BCUT2D eigenvalue weighted by Crippen LogP contribution is -2.52.